The maximum absolute atomic E-state index is 11.2. The van der Waals surface area contributed by atoms with Crippen molar-refractivity contribution in [3.05, 3.63) is 42.1 Å². The third-order valence-corrected chi connectivity index (χ3v) is 3.43. The van der Waals surface area contributed by atoms with Gasteiger partial charge >= 0.3 is 29.6 Å². The summed E-state index contributed by atoms with van der Waals surface area (Å²) in [6, 6.07) is 8.24. The summed E-state index contributed by atoms with van der Waals surface area (Å²) in [6.45, 7) is 1.55. The summed E-state index contributed by atoms with van der Waals surface area (Å²) in [7, 11) is -4.94. The SMILES string of the molecule is CC1=CC(O)(S(=O)(=O)[O-])N(c2ccccc2)N1.[Na+]. The van der Waals surface area contributed by atoms with Crippen molar-refractivity contribution in [1.82, 2.24) is 5.43 Å². The average molecular weight is 278 g/mol. The first kappa shape index (κ1) is 15.5. The van der Waals surface area contributed by atoms with Crippen LogP contribution in [0.2, 0.25) is 0 Å². The van der Waals surface area contributed by atoms with Gasteiger partial charge < -0.3 is 9.66 Å². The van der Waals surface area contributed by atoms with Crippen LogP contribution in [0.3, 0.4) is 0 Å². The summed E-state index contributed by atoms with van der Waals surface area (Å²) in [6.07, 6.45) is 0.975. The number of hydrogen-bond donors (Lipinski definition) is 2. The molecule has 8 heteroatoms. The number of nitrogens with zero attached hydrogens (tertiary/aromatic N) is 1. The minimum Gasteiger partial charge on any atom is -0.744 e. The van der Waals surface area contributed by atoms with Crippen molar-refractivity contribution in [2.75, 3.05) is 5.01 Å². The van der Waals surface area contributed by atoms with E-state index in [9.17, 15) is 18.1 Å². The van der Waals surface area contributed by atoms with Crippen molar-refractivity contribution >= 4 is 15.8 Å². The number of rotatable bonds is 2. The summed E-state index contributed by atoms with van der Waals surface area (Å²) >= 11 is 0. The van der Waals surface area contributed by atoms with Gasteiger partial charge in [-0.25, -0.2) is 13.4 Å². The summed E-state index contributed by atoms with van der Waals surface area (Å²) in [5.74, 6) is 0. The zero-order chi connectivity index (χ0) is 12.7. The molecule has 1 aliphatic heterocycles. The van der Waals surface area contributed by atoms with Crippen molar-refractivity contribution < 1.29 is 47.6 Å². The van der Waals surface area contributed by atoms with Crippen molar-refractivity contribution in [3.63, 3.8) is 0 Å². The third kappa shape index (κ3) is 2.56. The maximum atomic E-state index is 11.2. The fraction of sp³-hybridized carbons (Fsp3) is 0.200. The first-order valence-corrected chi connectivity index (χ1v) is 6.24. The molecule has 1 aliphatic rings. The second-order valence-corrected chi connectivity index (χ2v) is 5.23. The van der Waals surface area contributed by atoms with Gasteiger partial charge in [0.1, 0.15) is 0 Å². The molecule has 6 nitrogen and oxygen atoms in total. The molecule has 1 aromatic rings. The van der Waals surface area contributed by atoms with E-state index in [0.29, 0.717) is 11.4 Å². The predicted molar refractivity (Wildman–Crippen MR) is 60.5 cm³/mol. The van der Waals surface area contributed by atoms with Crippen LogP contribution in [0.4, 0.5) is 5.69 Å². The monoisotopic (exact) mass is 278 g/mol. The van der Waals surface area contributed by atoms with Crippen LogP contribution in [0.5, 0.6) is 0 Å². The molecule has 0 saturated heterocycles. The molecular weight excluding hydrogens is 267 g/mol. The number of para-hydroxylation sites is 1. The molecule has 2 rings (SSSR count). The zero-order valence-corrected chi connectivity index (χ0v) is 12.8. The molecule has 0 aromatic heterocycles. The van der Waals surface area contributed by atoms with E-state index in [1.54, 1.807) is 37.3 Å². The summed E-state index contributed by atoms with van der Waals surface area (Å²) < 4.78 is 33.5. The smallest absolute Gasteiger partial charge is 0.744 e. The van der Waals surface area contributed by atoms with Crippen molar-refractivity contribution in [1.29, 1.82) is 0 Å². The summed E-state index contributed by atoms with van der Waals surface area (Å²) in [4.78, 5) is 0. The Kier molecular flexibility index (Phi) is 4.47. The van der Waals surface area contributed by atoms with Gasteiger partial charge in [0.05, 0.1) is 5.69 Å². The van der Waals surface area contributed by atoms with E-state index in [1.165, 1.54) is 0 Å². The summed E-state index contributed by atoms with van der Waals surface area (Å²) in [5, 5.41) is 8.32. The van der Waals surface area contributed by atoms with Gasteiger partial charge in [-0.1, -0.05) is 18.2 Å². The average Bonchev–Trinajstić information content (AvgIpc) is 2.56. The van der Waals surface area contributed by atoms with Crippen LogP contribution >= 0.6 is 0 Å². The summed E-state index contributed by atoms with van der Waals surface area (Å²) in [5.41, 5.74) is 3.39. The molecule has 92 valence electrons. The van der Waals surface area contributed by atoms with E-state index in [1.807, 2.05) is 0 Å². The topological polar surface area (TPSA) is 92.7 Å². The van der Waals surface area contributed by atoms with Crippen molar-refractivity contribution in [3.8, 4) is 0 Å². The largest absolute Gasteiger partial charge is 1.00 e. The number of aliphatic hydroxyl groups is 1. The van der Waals surface area contributed by atoms with Gasteiger partial charge in [-0.05, 0) is 19.1 Å². The quantitative estimate of drug-likeness (QED) is 0.446. The van der Waals surface area contributed by atoms with E-state index < -0.39 is 15.2 Å². The number of benzene rings is 1. The molecule has 0 radical (unpaired) electrons. The zero-order valence-electron chi connectivity index (χ0n) is 9.99. The van der Waals surface area contributed by atoms with E-state index in [0.717, 1.165) is 11.1 Å². The molecule has 2 N–H and O–H groups in total. The number of nitrogens with one attached hydrogen (secondary N) is 1. The van der Waals surface area contributed by atoms with E-state index >= 15 is 0 Å². The molecule has 0 amide bonds. The van der Waals surface area contributed by atoms with Crippen molar-refractivity contribution in [2.45, 2.75) is 12.0 Å². The van der Waals surface area contributed by atoms with E-state index in [-0.39, 0.29) is 29.6 Å². The Bertz CT molecular complexity index is 561. The van der Waals surface area contributed by atoms with Gasteiger partial charge in [-0.15, -0.1) is 0 Å². The van der Waals surface area contributed by atoms with Gasteiger partial charge in [0.15, 0.2) is 10.1 Å². The van der Waals surface area contributed by atoms with Crippen LogP contribution in [-0.2, 0) is 10.1 Å². The molecule has 0 fully saturated rings. The van der Waals surface area contributed by atoms with Crippen LogP contribution in [0.25, 0.3) is 0 Å². The van der Waals surface area contributed by atoms with Crippen LogP contribution in [0.1, 0.15) is 6.92 Å². The first-order chi connectivity index (χ1) is 7.84. The van der Waals surface area contributed by atoms with Crippen LogP contribution in [-0.4, -0.2) is 23.1 Å². The Balaban J connectivity index is 0.00000162. The fourth-order valence-electron chi connectivity index (χ4n) is 1.65. The molecule has 0 bridgehead atoms. The molecule has 1 aromatic carbocycles. The Morgan fingerprint density at radius 1 is 1.33 bits per heavy atom. The van der Waals surface area contributed by atoms with Crippen LogP contribution in [0, 0.1) is 0 Å². The number of hydrazine groups is 1. The Hall–Kier alpha value is -0.570. The van der Waals surface area contributed by atoms with Gasteiger partial charge in [0.2, 0.25) is 0 Å². The molecule has 0 spiro atoms. The van der Waals surface area contributed by atoms with E-state index in [2.05, 4.69) is 5.43 Å². The number of hydrogen-bond acceptors (Lipinski definition) is 6. The van der Waals surface area contributed by atoms with Crippen molar-refractivity contribution in [2.24, 2.45) is 0 Å². The second kappa shape index (κ2) is 5.20. The standard InChI is InChI=1S/C10H12N2O4S.Na/c1-8-7-10(13,17(14,15)16)12(11-8)9-5-3-2-4-6-9;/h2-7,11,13H,1H3,(H,14,15,16);/q;+1/p-1. The van der Waals surface area contributed by atoms with Gasteiger partial charge in [-0.2, -0.15) is 0 Å². The van der Waals surface area contributed by atoms with E-state index in [4.69, 9.17) is 0 Å². The molecular formula is C10H11N2NaO4S. The number of anilines is 1. The Morgan fingerprint density at radius 3 is 2.39 bits per heavy atom. The molecule has 1 atom stereocenters. The molecule has 1 heterocycles. The normalized spacial score (nSPS) is 23.1. The molecule has 0 saturated carbocycles. The fourth-order valence-corrected chi connectivity index (χ4v) is 2.34. The molecule has 0 aliphatic carbocycles. The van der Waals surface area contributed by atoms with Crippen LogP contribution < -0.4 is 40.0 Å². The minimum absolute atomic E-state index is 0. The Morgan fingerprint density at radius 2 is 1.89 bits per heavy atom. The molecule has 1 unspecified atom stereocenters. The van der Waals surface area contributed by atoms with Gasteiger partial charge in [0.25, 0.3) is 5.06 Å². The van der Waals surface area contributed by atoms with Gasteiger partial charge in [-0.3, -0.25) is 5.43 Å². The predicted octanol–water partition coefficient (Wildman–Crippen LogP) is -2.89. The third-order valence-electron chi connectivity index (χ3n) is 2.40. The maximum Gasteiger partial charge on any atom is 1.00 e. The number of allylic oxidation sites excluding steroid dienone is 1. The van der Waals surface area contributed by atoms with Gasteiger partial charge in [0, 0.05) is 11.8 Å². The Labute approximate surface area is 127 Å². The minimum atomic E-state index is -4.94. The van der Waals surface area contributed by atoms with Crippen LogP contribution in [0.15, 0.2) is 42.1 Å². The second-order valence-electron chi connectivity index (χ2n) is 3.72. The first-order valence-electron chi connectivity index (χ1n) is 4.84. The molecule has 18 heavy (non-hydrogen) atoms.